The SMILES string of the molecule is CCc1ccc(-c2ccc(C(=O)Nc3cccc([C@@H]4CNC(=O)C4)c3)o2)cc1. The molecule has 1 aliphatic heterocycles. The van der Waals surface area contributed by atoms with Crippen molar-refractivity contribution in [2.24, 2.45) is 0 Å². The van der Waals surface area contributed by atoms with Crippen LogP contribution < -0.4 is 10.6 Å². The fourth-order valence-corrected chi connectivity index (χ4v) is 3.42. The van der Waals surface area contributed by atoms with Crippen LogP contribution in [0.3, 0.4) is 0 Å². The Morgan fingerprint density at radius 2 is 1.96 bits per heavy atom. The van der Waals surface area contributed by atoms with Gasteiger partial charge < -0.3 is 15.1 Å². The van der Waals surface area contributed by atoms with Gasteiger partial charge in [-0.3, -0.25) is 9.59 Å². The highest BCUT2D eigenvalue weighted by molar-refractivity contribution is 6.02. The van der Waals surface area contributed by atoms with Crippen molar-refractivity contribution in [2.45, 2.75) is 25.7 Å². The standard InChI is InChI=1S/C23H22N2O3/c1-2-15-6-8-16(9-7-15)20-10-11-21(28-20)23(27)25-19-5-3-4-17(12-19)18-13-22(26)24-14-18/h3-12,18H,2,13-14H2,1H3,(H,24,26)(H,25,27)/t18-/m0/s1. The van der Waals surface area contributed by atoms with Gasteiger partial charge in [-0.1, -0.05) is 43.3 Å². The first kappa shape index (κ1) is 18.0. The number of aryl methyl sites for hydroxylation is 1. The summed E-state index contributed by atoms with van der Waals surface area (Å²) in [6.07, 6.45) is 1.46. The predicted octanol–water partition coefficient (Wildman–Crippen LogP) is 4.36. The third-order valence-corrected chi connectivity index (χ3v) is 5.07. The van der Waals surface area contributed by atoms with Crippen LogP contribution in [0.5, 0.6) is 0 Å². The largest absolute Gasteiger partial charge is 0.451 e. The number of hydrogen-bond acceptors (Lipinski definition) is 3. The molecule has 0 radical (unpaired) electrons. The van der Waals surface area contributed by atoms with Crippen LogP contribution in [0.25, 0.3) is 11.3 Å². The Morgan fingerprint density at radius 1 is 1.14 bits per heavy atom. The minimum Gasteiger partial charge on any atom is -0.451 e. The van der Waals surface area contributed by atoms with Gasteiger partial charge in [0, 0.05) is 30.1 Å². The minimum atomic E-state index is -0.297. The fourth-order valence-electron chi connectivity index (χ4n) is 3.42. The van der Waals surface area contributed by atoms with E-state index < -0.39 is 0 Å². The second-order valence-electron chi connectivity index (χ2n) is 7.00. The molecule has 0 unspecified atom stereocenters. The first-order valence-corrected chi connectivity index (χ1v) is 9.49. The average molecular weight is 374 g/mol. The quantitative estimate of drug-likeness (QED) is 0.697. The number of nitrogens with one attached hydrogen (secondary N) is 2. The molecular weight excluding hydrogens is 352 g/mol. The summed E-state index contributed by atoms with van der Waals surface area (Å²) in [6.45, 7) is 2.75. The molecule has 28 heavy (non-hydrogen) atoms. The van der Waals surface area contributed by atoms with E-state index in [-0.39, 0.29) is 23.5 Å². The molecule has 2 N–H and O–H groups in total. The lowest BCUT2D eigenvalue weighted by Crippen LogP contribution is -2.13. The van der Waals surface area contributed by atoms with Gasteiger partial charge in [0.25, 0.3) is 5.91 Å². The van der Waals surface area contributed by atoms with Crippen molar-refractivity contribution < 1.29 is 14.0 Å². The Kier molecular flexibility index (Phi) is 4.98. The molecule has 1 aliphatic rings. The van der Waals surface area contributed by atoms with E-state index in [0.29, 0.717) is 24.4 Å². The zero-order valence-corrected chi connectivity index (χ0v) is 15.7. The molecule has 1 aromatic heterocycles. The van der Waals surface area contributed by atoms with E-state index in [9.17, 15) is 9.59 Å². The molecule has 1 saturated heterocycles. The second-order valence-corrected chi connectivity index (χ2v) is 7.00. The van der Waals surface area contributed by atoms with Crippen LogP contribution >= 0.6 is 0 Å². The Balaban J connectivity index is 1.47. The minimum absolute atomic E-state index is 0.0644. The van der Waals surface area contributed by atoms with Crippen molar-refractivity contribution in [3.8, 4) is 11.3 Å². The number of amides is 2. The van der Waals surface area contributed by atoms with Gasteiger partial charge in [-0.05, 0) is 41.8 Å². The highest BCUT2D eigenvalue weighted by Crippen LogP contribution is 2.26. The van der Waals surface area contributed by atoms with E-state index in [4.69, 9.17) is 4.42 Å². The van der Waals surface area contributed by atoms with Gasteiger partial charge in [-0.2, -0.15) is 0 Å². The lowest BCUT2D eigenvalue weighted by atomic mass is 9.98. The highest BCUT2D eigenvalue weighted by atomic mass is 16.3. The van der Waals surface area contributed by atoms with Crippen LogP contribution in [0.1, 0.15) is 40.9 Å². The fraction of sp³-hybridized carbons (Fsp3) is 0.217. The molecule has 5 heteroatoms. The van der Waals surface area contributed by atoms with Gasteiger partial charge in [0.1, 0.15) is 5.76 Å². The van der Waals surface area contributed by atoms with Crippen molar-refractivity contribution in [2.75, 3.05) is 11.9 Å². The third kappa shape index (κ3) is 3.83. The number of carbonyl (C=O) groups is 2. The van der Waals surface area contributed by atoms with E-state index in [0.717, 1.165) is 17.5 Å². The topological polar surface area (TPSA) is 71.3 Å². The molecule has 0 saturated carbocycles. The summed E-state index contributed by atoms with van der Waals surface area (Å²) in [5.41, 5.74) is 3.92. The van der Waals surface area contributed by atoms with E-state index >= 15 is 0 Å². The molecule has 0 spiro atoms. The number of anilines is 1. The molecule has 3 aromatic rings. The van der Waals surface area contributed by atoms with Crippen molar-refractivity contribution in [3.63, 3.8) is 0 Å². The number of furan rings is 1. The molecule has 4 rings (SSSR count). The number of carbonyl (C=O) groups excluding carboxylic acids is 2. The second kappa shape index (κ2) is 7.72. The molecule has 5 nitrogen and oxygen atoms in total. The van der Waals surface area contributed by atoms with E-state index in [1.807, 2.05) is 42.5 Å². The molecule has 2 heterocycles. The maximum Gasteiger partial charge on any atom is 0.291 e. The van der Waals surface area contributed by atoms with E-state index in [1.165, 1.54) is 5.56 Å². The third-order valence-electron chi connectivity index (χ3n) is 5.07. The lowest BCUT2D eigenvalue weighted by molar-refractivity contribution is -0.119. The summed E-state index contributed by atoms with van der Waals surface area (Å²) in [4.78, 5) is 24.0. The molecule has 1 fully saturated rings. The summed E-state index contributed by atoms with van der Waals surface area (Å²) < 4.78 is 5.75. The molecule has 0 aliphatic carbocycles. The van der Waals surface area contributed by atoms with Crippen molar-refractivity contribution in [3.05, 3.63) is 77.6 Å². The zero-order valence-electron chi connectivity index (χ0n) is 15.7. The maximum atomic E-state index is 12.6. The number of hydrogen-bond donors (Lipinski definition) is 2. The summed E-state index contributed by atoms with van der Waals surface area (Å²) in [6, 6.07) is 19.2. The molecule has 2 aromatic carbocycles. The predicted molar refractivity (Wildman–Crippen MR) is 108 cm³/mol. The first-order chi connectivity index (χ1) is 13.6. The average Bonchev–Trinajstić information content (AvgIpc) is 3.38. The zero-order chi connectivity index (χ0) is 19.5. The smallest absolute Gasteiger partial charge is 0.291 e. The molecule has 142 valence electrons. The summed E-state index contributed by atoms with van der Waals surface area (Å²) >= 11 is 0. The van der Waals surface area contributed by atoms with Crippen LogP contribution in [-0.4, -0.2) is 18.4 Å². The van der Waals surface area contributed by atoms with Crippen molar-refractivity contribution in [1.29, 1.82) is 0 Å². The van der Waals surface area contributed by atoms with Crippen molar-refractivity contribution in [1.82, 2.24) is 5.32 Å². The Hall–Kier alpha value is -3.34. The first-order valence-electron chi connectivity index (χ1n) is 9.49. The Morgan fingerprint density at radius 3 is 2.68 bits per heavy atom. The lowest BCUT2D eigenvalue weighted by Gasteiger charge is -2.10. The number of benzene rings is 2. The monoisotopic (exact) mass is 374 g/mol. The normalized spacial score (nSPS) is 16.0. The van der Waals surface area contributed by atoms with Crippen LogP contribution in [0.2, 0.25) is 0 Å². The van der Waals surface area contributed by atoms with Crippen LogP contribution in [0.15, 0.2) is 65.1 Å². The Labute approximate surface area is 163 Å². The van der Waals surface area contributed by atoms with Crippen LogP contribution in [0, 0.1) is 0 Å². The van der Waals surface area contributed by atoms with Gasteiger partial charge in [0.05, 0.1) is 0 Å². The Bertz CT molecular complexity index is 1000. The summed E-state index contributed by atoms with van der Waals surface area (Å²) in [5, 5.41) is 5.72. The van der Waals surface area contributed by atoms with Gasteiger partial charge in [-0.25, -0.2) is 0 Å². The molecular formula is C23H22N2O3. The molecule has 0 bridgehead atoms. The summed E-state index contributed by atoms with van der Waals surface area (Å²) in [5.74, 6) is 0.837. The van der Waals surface area contributed by atoms with Gasteiger partial charge >= 0.3 is 0 Å². The van der Waals surface area contributed by atoms with Gasteiger partial charge in [0.15, 0.2) is 5.76 Å². The van der Waals surface area contributed by atoms with Gasteiger partial charge in [0.2, 0.25) is 5.91 Å². The van der Waals surface area contributed by atoms with Crippen LogP contribution in [0.4, 0.5) is 5.69 Å². The van der Waals surface area contributed by atoms with Crippen LogP contribution in [-0.2, 0) is 11.2 Å². The number of rotatable bonds is 5. The summed E-state index contributed by atoms with van der Waals surface area (Å²) in [7, 11) is 0. The van der Waals surface area contributed by atoms with Gasteiger partial charge in [-0.15, -0.1) is 0 Å². The maximum absolute atomic E-state index is 12.6. The highest BCUT2D eigenvalue weighted by Gasteiger charge is 2.23. The molecule has 2 amide bonds. The molecule has 1 atom stereocenters. The van der Waals surface area contributed by atoms with E-state index in [1.54, 1.807) is 6.07 Å². The van der Waals surface area contributed by atoms with E-state index in [2.05, 4.69) is 29.7 Å². The van der Waals surface area contributed by atoms with Crippen molar-refractivity contribution >= 4 is 17.5 Å².